The molecule has 0 aromatic rings. The van der Waals surface area contributed by atoms with Gasteiger partial charge in [0.1, 0.15) is 6.10 Å². The fourth-order valence-corrected chi connectivity index (χ4v) is 1.33. The quantitative estimate of drug-likeness (QED) is 0.565. The third-order valence-electron chi connectivity index (χ3n) is 2.04. The van der Waals surface area contributed by atoms with Gasteiger partial charge in [-0.15, -0.1) is 6.58 Å². The van der Waals surface area contributed by atoms with E-state index in [2.05, 4.69) is 6.58 Å². The highest BCUT2D eigenvalue weighted by atomic mass is 16.5. The van der Waals surface area contributed by atoms with Gasteiger partial charge in [0, 0.05) is 5.92 Å². The van der Waals surface area contributed by atoms with Crippen LogP contribution in [-0.4, -0.2) is 35.6 Å². The zero-order chi connectivity index (χ0) is 8.27. The molecule has 0 aromatic heterocycles. The molecule has 1 fully saturated rings. The molecule has 0 amide bonds. The summed E-state index contributed by atoms with van der Waals surface area (Å²) in [6, 6.07) is 0. The van der Waals surface area contributed by atoms with Crippen LogP contribution in [0.25, 0.3) is 0 Å². The zero-order valence-corrected chi connectivity index (χ0v) is 6.44. The minimum atomic E-state index is -0.530. The van der Waals surface area contributed by atoms with Gasteiger partial charge in [0.15, 0.2) is 0 Å². The first-order valence-corrected chi connectivity index (χ1v) is 3.81. The Morgan fingerprint density at radius 2 is 2.36 bits per heavy atom. The second-order valence-corrected chi connectivity index (χ2v) is 2.83. The molecule has 64 valence electrons. The van der Waals surface area contributed by atoms with Gasteiger partial charge >= 0.3 is 0 Å². The Labute approximate surface area is 66.3 Å². The average molecular weight is 158 g/mol. The summed E-state index contributed by atoms with van der Waals surface area (Å²) < 4.78 is 5.13. The van der Waals surface area contributed by atoms with Gasteiger partial charge in [0.2, 0.25) is 0 Å². The molecule has 0 aromatic carbocycles. The largest absolute Gasteiger partial charge is 0.394 e. The first-order chi connectivity index (χ1) is 5.29. The molecular weight excluding hydrogens is 144 g/mol. The molecule has 2 N–H and O–H groups in total. The molecule has 0 saturated carbocycles. The van der Waals surface area contributed by atoms with E-state index in [1.807, 2.05) is 0 Å². The Kier molecular flexibility index (Phi) is 3.05. The van der Waals surface area contributed by atoms with E-state index in [1.54, 1.807) is 6.08 Å². The van der Waals surface area contributed by atoms with E-state index in [0.29, 0.717) is 6.61 Å². The van der Waals surface area contributed by atoms with Crippen molar-refractivity contribution < 1.29 is 14.9 Å². The summed E-state index contributed by atoms with van der Waals surface area (Å²) in [5.74, 6) is 0.115. The minimum absolute atomic E-state index is 0.102. The van der Waals surface area contributed by atoms with E-state index in [1.165, 1.54) is 0 Å². The fraction of sp³-hybridized carbons (Fsp3) is 0.750. The van der Waals surface area contributed by atoms with Gasteiger partial charge in [0.25, 0.3) is 0 Å². The molecule has 0 aliphatic carbocycles. The number of aliphatic hydroxyl groups is 2. The summed E-state index contributed by atoms with van der Waals surface area (Å²) in [6.07, 6.45) is 1.59. The Bertz CT molecular complexity index is 135. The minimum Gasteiger partial charge on any atom is -0.394 e. The number of hydrogen-bond donors (Lipinski definition) is 2. The molecule has 3 nitrogen and oxygen atoms in total. The lowest BCUT2D eigenvalue weighted by Crippen LogP contribution is -2.28. The van der Waals surface area contributed by atoms with Gasteiger partial charge in [-0.1, -0.05) is 6.08 Å². The first kappa shape index (κ1) is 8.71. The predicted molar refractivity (Wildman–Crippen MR) is 41.1 cm³/mol. The van der Waals surface area contributed by atoms with E-state index >= 15 is 0 Å². The maximum Gasteiger partial charge on any atom is 0.107 e. The summed E-state index contributed by atoms with van der Waals surface area (Å²) >= 11 is 0. The Hall–Kier alpha value is -0.380. The van der Waals surface area contributed by atoms with Crippen LogP contribution in [0.2, 0.25) is 0 Å². The standard InChI is InChI=1S/C8H14O3/c1-2-3-6-5-11-7(4-9)8(6)10/h2,6-10H,1,3-5H2/t6-,7+,8-/m0/s1. The second-order valence-electron chi connectivity index (χ2n) is 2.83. The van der Waals surface area contributed by atoms with Crippen molar-refractivity contribution in [3.05, 3.63) is 12.7 Å². The summed E-state index contributed by atoms with van der Waals surface area (Å²) in [6.45, 7) is 4.00. The van der Waals surface area contributed by atoms with Crippen LogP contribution in [0, 0.1) is 5.92 Å². The van der Waals surface area contributed by atoms with Crippen LogP contribution < -0.4 is 0 Å². The Morgan fingerprint density at radius 1 is 1.64 bits per heavy atom. The molecule has 0 spiro atoms. The molecule has 3 heteroatoms. The molecule has 0 radical (unpaired) electrons. The first-order valence-electron chi connectivity index (χ1n) is 3.81. The maximum atomic E-state index is 9.45. The molecule has 3 atom stereocenters. The fourth-order valence-electron chi connectivity index (χ4n) is 1.33. The average Bonchev–Trinajstić information content (AvgIpc) is 2.34. The molecule has 1 saturated heterocycles. The van der Waals surface area contributed by atoms with Crippen LogP contribution in [0.15, 0.2) is 12.7 Å². The smallest absolute Gasteiger partial charge is 0.107 e. The van der Waals surface area contributed by atoms with Crippen LogP contribution >= 0.6 is 0 Å². The van der Waals surface area contributed by atoms with Gasteiger partial charge in [-0.05, 0) is 6.42 Å². The van der Waals surface area contributed by atoms with Gasteiger partial charge in [-0.3, -0.25) is 0 Å². The summed E-state index contributed by atoms with van der Waals surface area (Å²) in [5, 5.41) is 18.2. The van der Waals surface area contributed by atoms with Gasteiger partial charge in [-0.25, -0.2) is 0 Å². The summed E-state index contributed by atoms with van der Waals surface area (Å²) in [5.41, 5.74) is 0. The van der Waals surface area contributed by atoms with Crippen molar-refractivity contribution in [3.63, 3.8) is 0 Å². The SMILES string of the molecule is C=CC[C@H]1CO[C@H](CO)[C@H]1O. The number of allylic oxidation sites excluding steroid dienone is 1. The molecule has 1 rings (SSSR count). The maximum absolute atomic E-state index is 9.45. The van der Waals surface area contributed by atoms with Crippen LogP contribution in [0.3, 0.4) is 0 Å². The monoisotopic (exact) mass is 158 g/mol. The highest BCUT2D eigenvalue weighted by Crippen LogP contribution is 2.22. The van der Waals surface area contributed by atoms with Crippen LogP contribution in [0.1, 0.15) is 6.42 Å². The van der Waals surface area contributed by atoms with Crippen molar-refractivity contribution in [2.45, 2.75) is 18.6 Å². The van der Waals surface area contributed by atoms with Crippen molar-refractivity contribution in [1.82, 2.24) is 0 Å². The van der Waals surface area contributed by atoms with E-state index < -0.39 is 6.10 Å². The molecular formula is C8H14O3. The van der Waals surface area contributed by atoms with Crippen LogP contribution in [-0.2, 0) is 4.74 Å². The topological polar surface area (TPSA) is 49.7 Å². The Balaban J connectivity index is 2.41. The highest BCUT2D eigenvalue weighted by Gasteiger charge is 2.34. The van der Waals surface area contributed by atoms with Gasteiger partial charge in [0.05, 0.1) is 19.3 Å². The van der Waals surface area contributed by atoms with Gasteiger partial charge < -0.3 is 14.9 Å². The second kappa shape index (κ2) is 3.85. The van der Waals surface area contributed by atoms with Crippen molar-refractivity contribution in [1.29, 1.82) is 0 Å². The number of hydrogen-bond acceptors (Lipinski definition) is 3. The number of aliphatic hydroxyl groups excluding tert-OH is 2. The van der Waals surface area contributed by atoms with E-state index in [9.17, 15) is 5.11 Å². The summed E-state index contributed by atoms with van der Waals surface area (Å²) in [4.78, 5) is 0. The van der Waals surface area contributed by atoms with Gasteiger partial charge in [-0.2, -0.15) is 0 Å². The predicted octanol–water partition coefficient (Wildman–Crippen LogP) is -0.0693. The molecule has 0 bridgehead atoms. The molecule has 0 unspecified atom stereocenters. The van der Waals surface area contributed by atoms with Crippen molar-refractivity contribution in [2.24, 2.45) is 5.92 Å². The van der Waals surface area contributed by atoms with Crippen molar-refractivity contribution in [2.75, 3.05) is 13.2 Å². The normalized spacial score (nSPS) is 37.5. The van der Waals surface area contributed by atoms with Crippen molar-refractivity contribution >= 4 is 0 Å². The third-order valence-corrected chi connectivity index (χ3v) is 2.04. The molecule has 11 heavy (non-hydrogen) atoms. The third kappa shape index (κ3) is 1.80. The lowest BCUT2D eigenvalue weighted by molar-refractivity contribution is 0.00171. The zero-order valence-electron chi connectivity index (χ0n) is 6.44. The lowest BCUT2D eigenvalue weighted by Gasteiger charge is -2.13. The van der Waals surface area contributed by atoms with E-state index in [4.69, 9.17) is 9.84 Å². The van der Waals surface area contributed by atoms with Crippen LogP contribution in [0.5, 0.6) is 0 Å². The van der Waals surface area contributed by atoms with E-state index in [0.717, 1.165) is 6.42 Å². The number of rotatable bonds is 3. The van der Waals surface area contributed by atoms with Crippen LogP contribution in [0.4, 0.5) is 0 Å². The molecule has 1 aliphatic rings. The lowest BCUT2D eigenvalue weighted by atomic mass is 9.99. The summed E-state index contributed by atoms with van der Waals surface area (Å²) in [7, 11) is 0. The van der Waals surface area contributed by atoms with E-state index in [-0.39, 0.29) is 18.6 Å². The van der Waals surface area contributed by atoms with Crippen molar-refractivity contribution in [3.8, 4) is 0 Å². The highest BCUT2D eigenvalue weighted by molar-refractivity contribution is 4.87. The Morgan fingerprint density at radius 3 is 2.82 bits per heavy atom. The number of ether oxygens (including phenoxy) is 1. The molecule has 1 heterocycles. The molecule has 1 aliphatic heterocycles.